The number of morpholine rings is 1. The van der Waals surface area contributed by atoms with Gasteiger partial charge in [-0.2, -0.15) is 13.2 Å². The number of aryl methyl sites for hydroxylation is 1. The van der Waals surface area contributed by atoms with E-state index in [1.165, 1.54) is 25.1 Å². The van der Waals surface area contributed by atoms with Gasteiger partial charge in [0.2, 0.25) is 0 Å². The SMILES string of the molecule is Cc1nc(C(F)(F)F)ccc1C(=O)Nc1ccc(Cl)c(NC(=O)c2ccccc2N2CCOCC2)c1. The van der Waals surface area contributed by atoms with E-state index in [1.807, 2.05) is 12.1 Å². The van der Waals surface area contributed by atoms with E-state index in [2.05, 4.69) is 20.5 Å². The van der Waals surface area contributed by atoms with Crippen LogP contribution in [0, 0.1) is 6.92 Å². The van der Waals surface area contributed by atoms with Gasteiger partial charge in [-0.3, -0.25) is 9.59 Å². The van der Waals surface area contributed by atoms with Crippen LogP contribution in [-0.4, -0.2) is 43.1 Å². The van der Waals surface area contributed by atoms with Gasteiger partial charge in [0, 0.05) is 24.5 Å². The number of carbonyl (C=O) groups is 2. The van der Waals surface area contributed by atoms with Crippen molar-refractivity contribution in [2.45, 2.75) is 13.1 Å². The Labute approximate surface area is 210 Å². The summed E-state index contributed by atoms with van der Waals surface area (Å²) in [5, 5.41) is 5.63. The Bertz CT molecular complexity index is 1290. The monoisotopic (exact) mass is 518 g/mol. The summed E-state index contributed by atoms with van der Waals surface area (Å²) in [6.07, 6.45) is -4.61. The molecule has 2 aromatic carbocycles. The average Bonchev–Trinajstić information content (AvgIpc) is 2.86. The zero-order chi connectivity index (χ0) is 25.9. The minimum atomic E-state index is -4.61. The smallest absolute Gasteiger partial charge is 0.378 e. The number of rotatable bonds is 5. The summed E-state index contributed by atoms with van der Waals surface area (Å²) in [5.41, 5.74) is 0.623. The molecule has 0 atom stereocenters. The van der Waals surface area contributed by atoms with Gasteiger partial charge in [0.05, 0.1) is 40.7 Å². The van der Waals surface area contributed by atoms with Crippen LogP contribution >= 0.6 is 11.6 Å². The van der Waals surface area contributed by atoms with Crippen molar-refractivity contribution in [1.29, 1.82) is 0 Å². The molecule has 2 amide bonds. The number of anilines is 3. The molecule has 1 aliphatic rings. The molecule has 3 aromatic rings. The van der Waals surface area contributed by atoms with Gasteiger partial charge in [0.1, 0.15) is 5.69 Å². The molecule has 1 aromatic heterocycles. The summed E-state index contributed by atoms with van der Waals surface area (Å²) in [5.74, 6) is -1.03. The minimum Gasteiger partial charge on any atom is -0.378 e. The summed E-state index contributed by atoms with van der Waals surface area (Å²) < 4.78 is 44.0. The highest BCUT2D eigenvalue weighted by molar-refractivity contribution is 6.34. The lowest BCUT2D eigenvalue weighted by atomic mass is 10.1. The van der Waals surface area contributed by atoms with Crippen LogP contribution in [-0.2, 0) is 10.9 Å². The number of carbonyl (C=O) groups excluding carboxylic acids is 2. The Hall–Kier alpha value is -3.63. The van der Waals surface area contributed by atoms with E-state index < -0.39 is 17.8 Å². The molecular formula is C25H22ClF3N4O3. The second-order valence-corrected chi connectivity index (χ2v) is 8.45. The number of para-hydroxylation sites is 1. The molecule has 0 saturated carbocycles. The highest BCUT2D eigenvalue weighted by Crippen LogP contribution is 2.30. The van der Waals surface area contributed by atoms with E-state index in [1.54, 1.807) is 12.1 Å². The number of aromatic nitrogens is 1. The maximum Gasteiger partial charge on any atom is 0.433 e. The van der Waals surface area contributed by atoms with E-state index in [4.69, 9.17) is 16.3 Å². The number of pyridine rings is 1. The number of ether oxygens (including phenoxy) is 1. The second-order valence-electron chi connectivity index (χ2n) is 8.05. The molecule has 1 saturated heterocycles. The van der Waals surface area contributed by atoms with Crippen LogP contribution in [0.3, 0.4) is 0 Å². The lowest BCUT2D eigenvalue weighted by Gasteiger charge is -2.30. The predicted molar refractivity (Wildman–Crippen MR) is 131 cm³/mol. The number of amides is 2. The molecule has 2 heterocycles. The number of halogens is 4. The molecule has 36 heavy (non-hydrogen) atoms. The standard InChI is InChI=1S/C25H22ClF3N4O3/c1-15-17(7-9-22(30-15)25(27,28)29)23(34)31-16-6-8-19(26)20(14-16)32-24(35)18-4-2-3-5-21(18)33-10-12-36-13-11-33/h2-9,14H,10-13H2,1H3,(H,31,34)(H,32,35). The molecule has 2 N–H and O–H groups in total. The fourth-order valence-electron chi connectivity index (χ4n) is 3.79. The molecule has 11 heteroatoms. The van der Waals surface area contributed by atoms with Crippen LogP contribution in [0.4, 0.5) is 30.2 Å². The predicted octanol–water partition coefficient (Wildman–Crippen LogP) is 5.40. The van der Waals surface area contributed by atoms with Crippen molar-refractivity contribution >= 4 is 40.5 Å². The first-order valence-electron chi connectivity index (χ1n) is 11.0. The highest BCUT2D eigenvalue weighted by Gasteiger charge is 2.33. The van der Waals surface area contributed by atoms with Crippen molar-refractivity contribution in [3.05, 3.63) is 82.1 Å². The van der Waals surface area contributed by atoms with Gasteiger partial charge in [-0.1, -0.05) is 23.7 Å². The van der Waals surface area contributed by atoms with Crippen LogP contribution in [0.25, 0.3) is 0 Å². The summed E-state index contributed by atoms with van der Waals surface area (Å²) in [4.78, 5) is 31.4. The Morgan fingerprint density at radius 1 is 0.972 bits per heavy atom. The number of benzene rings is 2. The minimum absolute atomic E-state index is 0.0111. The van der Waals surface area contributed by atoms with Crippen molar-refractivity contribution in [3.8, 4) is 0 Å². The number of alkyl halides is 3. The molecule has 1 aliphatic heterocycles. The van der Waals surface area contributed by atoms with E-state index in [-0.39, 0.29) is 27.9 Å². The summed E-state index contributed by atoms with van der Waals surface area (Å²) in [6.45, 7) is 3.77. The number of hydrogen-bond donors (Lipinski definition) is 2. The number of nitrogens with zero attached hydrogens (tertiary/aromatic N) is 2. The Kier molecular flexibility index (Phi) is 7.46. The van der Waals surface area contributed by atoms with Crippen LogP contribution < -0.4 is 15.5 Å². The van der Waals surface area contributed by atoms with Gasteiger partial charge in [0.15, 0.2) is 0 Å². The van der Waals surface area contributed by atoms with E-state index in [9.17, 15) is 22.8 Å². The zero-order valence-corrected chi connectivity index (χ0v) is 19.9. The fraction of sp³-hybridized carbons (Fsp3) is 0.240. The van der Waals surface area contributed by atoms with Crippen LogP contribution in [0.2, 0.25) is 5.02 Å². The maximum atomic E-state index is 13.1. The van der Waals surface area contributed by atoms with Gasteiger partial charge in [-0.15, -0.1) is 0 Å². The van der Waals surface area contributed by atoms with Crippen molar-refractivity contribution in [2.24, 2.45) is 0 Å². The first kappa shape index (κ1) is 25.5. The Morgan fingerprint density at radius 3 is 2.36 bits per heavy atom. The molecule has 0 bridgehead atoms. The van der Waals surface area contributed by atoms with E-state index >= 15 is 0 Å². The lowest BCUT2D eigenvalue weighted by molar-refractivity contribution is -0.141. The summed E-state index contributed by atoms with van der Waals surface area (Å²) >= 11 is 6.28. The van der Waals surface area contributed by atoms with Gasteiger partial charge >= 0.3 is 6.18 Å². The first-order chi connectivity index (χ1) is 17.1. The fourth-order valence-corrected chi connectivity index (χ4v) is 3.96. The van der Waals surface area contributed by atoms with Gasteiger partial charge in [-0.05, 0) is 49.4 Å². The number of nitrogens with one attached hydrogen (secondary N) is 2. The van der Waals surface area contributed by atoms with Crippen LogP contribution in [0.1, 0.15) is 32.1 Å². The molecule has 0 spiro atoms. The largest absolute Gasteiger partial charge is 0.433 e. The summed E-state index contributed by atoms with van der Waals surface area (Å²) in [7, 11) is 0. The Balaban J connectivity index is 1.52. The molecule has 188 valence electrons. The third-order valence-corrected chi connectivity index (χ3v) is 5.92. The van der Waals surface area contributed by atoms with Crippen LogP contribution in [0.5, 0.6) is 0 Å². The second kappa shape index (κ2) is 10.5. The van der Waals surface area contributed by atoms with Gasteiger partial charge < -0.3 is 20.3 Å². The molecule has 0 radical (unpaired) electrons. The topological polar surface area (TPSA) is 83.6 Å². The van der Waals surface area contributed by atoms with Gasteiger partial charge in [0.25, 0.3) is 11.8 Å². The van der Waals surface area contributed by atoms with E-state index in [0.717, 1.165) is 17.8 Å². The van der Waals surface area contributed by atoms with Crippen molar-refractivity contribution < 1.29 is 27.5 Å². The Morgan fingerprint density at radius 2 is 1.67 bits per heavy atom. The first-order valence-corrected chi connectivity index (χ1v) is 11.4. The molecule has 1 fully saturated rings. The molecule has 4 rings (SSSR count). The van der Waals surface area contributed by atoms with Crippen molar-refractivity contribution in [1.82, 2.24) is 4.98 Å². The summed E-state index contributed by atoms with van der Waals surface area (Å²) in [6, 6.07) is 13.5. The maximum absolute atomic E-state index is 13.1. The molecule has 0 unspecified atom stereocenters. The van der Waals surface area contributed by atoms with Crippen molar-refractivity contribution in [2.75, 3.05) is 41.8 Å². The molecule has 7 nitrogen and oxygen atoms in total. The quantitative estimate of drug-likeness (QED) is 0.472. The van der Waals surface area contributed by atoms with Crippen molar-refractivity contribution in [3.63, 3.8) is 0 Å². The third-order valence-electron chi connectivity index (χ3n) is 5.59. The van der Waals surface area contributed by atoms with Crippen LogP contribution in [0.15, 0.2) is 54.6 Å². The molecular weight excluding hydrogens is 497 g/mol. The average molecular weight is 519 g/mol. The highest BCUT2D eigenvalue weighted by atomic mass is 35.5. The van der Waals surface area contributed by atoms with Gasteiger partial charge in [-0.25, -0.2) is 4.98 Å². The number of hydrogen-bond acceptors (Lipinski definition) is 5. The molecule has 0 aliphatic carbocycles. The van der Waals surface area contributed by atoms with E-state index in [0.29, 0.717) is 37.6 Å². The zero-order valence-electron chi connectivity index (χ0n) is 19.2. The normalized spacial score (nSPS) is 13.9. The lowest BCUT2D eigenvalue weighted by Crippen LogP contribution is -2.37. The third kappa shape index (κ3) is 5.77.